The van der Waals surface area contributed by atoms with Crippen LogP contribution in [-0.2, 0) is 10.8 Å². The van der Waals surface area contributed by atoms with E-state index in [0.717, 1.165) is 39.6 Å². The second-order valence-electron chi connectivity index (χ2n) is 17.8. The normalized spacial score (nSPS) is 12.5. The van der Waals surface area contributed by atoms with E-state index in [1.165, 1.54) is 64.4 Å². The summed E-state index contributed by atoms with van der Waals surface area (Å²) in [7, 11) is 0. The Morgan fingerprint density at radius 3 is 2.12 bits per heavy atom. The van der Waals surface area contributed by atoms with Gasteiger partial charge in [0.05, 0.1) is 11.0 Å². The number of aromatic nitrogens is 4. The standard InChI is InChI=1S/C52H47N4OS/c1-32-26-35(52(6,7)8)27-33(2)49(32)55-31-54(42-17-10-11-18-43(42)55)36-14-13-15-37(29-36)57-38-20-21-39-40-22-23-46-48(41-16-9-12-19-45(41)58-46)50(40)56(44(39)30-38)47-28-34(24-25-53-47)51(3,4)5/h9-31H,1-8H3/q+1. The number of fused-ring (bicyclic) bond motifs is 8. The molecule has 286 valence electrons. The van der Waals surface area contributed by atoms with Gasteiger partial charge in [-0.05, 0) is 108 Å². The van der Waals surface area contributed by atoms with Crippen LogP contribution < -0.4 is 9.30 Å². The summed E-state index contributed by atoms with van der Waals surface area (Å²) >= 11 is 1.84. The number of rotatable bonds is 5. The summed E-state index contributed by atoms with van der Waals surface area (Å²) in [6, 6.07) is 45.9. The van der Waals surface area contributed by atoms with Crippen LogP contribution in [-0.4, -0.2) is 14.1 Å². The van der Waals surface area contributed by atoms with E-state index >= 15 is 0 Å². The Bertz CT molecular complexity index is 3230. The van der Waals surface area contributed by atoms with Crippen LogP contribution in [0.5, 0.6) is 11.5 Å². The molecule has 0 aliphatic rings. The number of thiophene rings is 1. The van der Waals surface area contributed by atoms with Crippen molar-refractivity contribution in [3.63, 3.8) is 0 Å². The van der Waals surface area contributed by atoms with Crippen LogP contribution in [0.15, 0.2) is 140 Å². The van der Waals surface area contributed by atoms with Crippen LogP contribution in [0.3, 0.4) is 0 Å². The number of imidazole rings is 1. The molecule has 6 heteroatoms. The molecule has 0 saturated carbocycles. The Kier molecular flexibility index (Phi) is 8.19. The zero-order valence-corrected chi connectivity index (χ0v) is 35.2. The maximum atomic E-state index is 6.79. The van der Waals surface area contributed by atoms with Gasteiger partial charge in [0.25, 0.3) is 6.33 Å². The molecule has 0 atom stereocenters. The lowest BCUT2D eigenvalue weighted by Crippen LogP contribution is -2.31. The molecule has 10 rings (SSSR count). The highest BCUT2D eigenvalue weighted by Gasteiger charge is 2.25. The number of para-hydroxylation sites is 2. The van der Waals surface area contributed by atoms with Gasteiger partial charge >= 0.3 is 0 Å². The van der Waals surface area contributed by atoms with Crippen molar-refractivity contribution in [2.24, 2.45) is 0 Å². The smallest absolute Gasteiger partial charge is 0.255 e. The van der Waals surface area contributed by atoms with Crippen LogP contribution in [0.2, 0.25) is 0 Å². The van der Waals surface area contributed by atoms with Crippen molar-refractivity contribution in [3.05, 3.63) is 162 Å². The number of hydrogen-bond acceptors (Lipinski definition) is 3. The fourth-order valence-electron chi connectivity index (χ4n) is 8.70. The first-order valence-electron chi connectivity index (χ1n) is 20.1. The molecule has 0 radical (unpaired) electrons. The van der Waals surface area contributed by atoms with Crippen LogP contribution >= 0.6 is 11.3 Å². The Morgan fingerprint density at radius 2 is 1.33 bits per heavy atom. The minimum atomic E-state index is -0.0288. The van der Waals surface area contributed by atoms with E-state index in [4.69, 9.17) is 9.72 Å². The van der Waals surface area contributed by atoms with Crippen molar-refractivity contribution in [3.8, 4) is 28.7 Å². The number of nitrogens with zero attached hydrogens (tertiary/aromatic N) is 4. The molecule has 6 aromatic carbocycles. The Labute approximate surface area is 343 Å². The number of hydrogen-bond donors (Lipinski definition) is 0. The Morgan fingerprint density at radius 1 is 0.603 bits per heavy atom. The third-order valence-electron chi connectivity index (χ3n) is 11.6. The minimum Gasteiger partial charge on any atom is -0.457 e. The van der Waals surface area contributed by atoms with Gasteiger partial charge in [-0.3, -0.25) is 4.57 Å². The third-order valence-corrected chi connectivity index (χ3v) is 12.8. The lowest BCUT2D eigenvalue weighted by Gasteiger charge is -2.21. The van der Waals surface area contributed by atoms with Crippen LogP contribution in [0.4, 0.5) is 0 Å². The molecule has 0 N–H and O–H groups in total. The molecule has 0 unspecified atom stereocenters. The summed E-state index contributed by atoms with van der Waals surface area (Å²) in [6.45, 7) is 18.0. The predicted octanol–water partition coefficient (Wildman–Crippen LogP) is 13.8. The third kappa shape index (κ3) is 5.89. The van der Waals surface area contributed by atoms with Crippen molar-refractivity contribution < 1.29 is 9.30 Å². The van der Waals surface area contributed by atoms with Crippen molar-refractivity contribution in [1.82, 2.24) is 14.1 Å². The van der Waals surface area contributed by atoms with Crippen LogP contribution in [0.25, 0.3) is 70.2 Å². The van der Waals surface area contributed by atoms with E-state index in [9.17, 15) is 0 Å². The van der Waals surface area contributed by atoms with Gasteiger partial charge < -0.3 is 4.74 Å². The van der Waals surface area contributed by atoms with Crippen molar-refractivity contribution in [2.75, 3.05) is 0 Å². The van der Waals surface area contributed by atoms with Gasteiger partial charge in [0.2, 0.25) is 0 Å². The lowest BCUT2D eigenvalue weighted by atomic mass is 9.84. The summed E-state index contributed by atoms with van der Waals surface area (Å²) in [4.78, 5) is 5.02. The van der Waals surface area contributed by atoms with E-state index in [0.29, 0.717) is 0 Å². The molecular weight excluding hydrogens is 729 g/mol. The quantitative estimate of drug-likeness (QED) is 0.163. The molecule has 4 heterocycles. The molecule has 0 bridgehead atoms. The molecule has 0 aliphatic carbocycles. The second kappa shape index (κ2) is 13.2. The number of aryl methyl sites for hydroxylation is 2. The Balaban J connectivity index is 1.11. The Hall–Kier alpha value is -6.24. The molecule has 0 fully saturated rings. The average Bonchev–Trinajstić information content (AvgIpc) is 3.87. The molecule has 0 spiro atoms. The summed E-state index contributed by atoms with van der Waals surface area (Å²) in [5.74, 6) is 2.44. The van der Waals surface area contributed by atoms with E-state index in [1.54, 1.807) is 0 Å². The predicted molar refractivity (Wildman–Crippen MR) is 243 cm³/mol. The molecule has 0 amide bonds. The van der Waals surface area contributed by atoms with E-state index in [-0.39, 0.29) is 10.8 Å². The lowest BCUT2D eigenvalue weighted by molar-refractivity contribution is -0.568. The first-order chi connectivity index (χ1) is 27.8. The van der Waals surface area contributed by atoms with Crippen molar-refractivity contribution in [1.29, 1.82) is 0 Å². The zero-order chi connectivity index (χ0) is 40.1. The van der Waals surface area contributed by atoms with Crippen molar-refractivity contribution in [2.45, 2.75) is 66.2 Å². The number of ether oxygens (including phenoxy) is 1. The SMILES string of the molecule is Cc1cc(C(C)(C)C)cc(C)c1-[n+]1cn(-c2cccc(Oc3ccc4c5ccc6sc7ccccc7c6c5n(-c5cc(C(C)(C)C)ccn5)c4c3)c2)c2ccccc21. The largest absolute Gasteiger partial charge is 0.457 e. The van der Waals surface area contributed by atoms with E-state index in [2.05, 4.69) is 197 Å². The maximum absolute atomic E-state index is 6.79. The van der Waals surface area contributed by atoms with Crippen molar-refractivity contribution >= 4 is 64.3 Å². The molecule has 0 aliphatic heterocycles. The maximum Gasteiger partial charge on any atom is 0.255 e. The highest BCUT2D eigenvalue weighted by atomic mass is 32.1. The first kappa shape index (κ1) is 36.1. The molecular formula is C52H47N4OS+. The molecule has 58 heavy (non-hydrogen) atoms. The second-order valence-corrected chi connectivity index (χ2v) is 18.8. The minimum absolute atomic E-state index is 0.0288. The summed E-state index contributed by atoms with van der Waals surface area (Å²) < 4.78 is 16.3. The summed E-state index contributed by atoms with van der Waals surface area (Å²) in [5, 5.41) is 4.90. The van der Waals surface area contributed by atoms with Gasteiger partial charge in [-0.2, -0.15) is 9.13 Å². The molecule has 0 saturated heterocycles. The molecule has 10 aromatic rings. The van der Waals surface area contributed by atoms with Gasteiger partial charge in [-0.15, -0.1) is 11.3 Å². The highest BCUT2D eigenvalue weighted by molar-refractivity contribution is 7.26. The zero-order valence-electron chi connectivity index (χ0n) is 34.4. The summed E-state index contributed by atoms with van der Waals surface area (Å²) in [5.41, 5.74) is 11.9. The topological polar surface area (TPSA) is 35.9 Å². The molecule has 5 nitrogen and oxygen atoms in total. The average molecular weight is 776 g/mol. The fraction of sp³-hybridized carbons (Fsp3) is 0.192. The van der Waals surface area contributed by atoms with Crippen LogP contribution in [0.1, 0.15) is 63.8 Å². The monoisotopic (exact) mass is 775 g/mol. The van der Waals surface area contributed by atoms with Gasteiger partial charge in [-0.1, -0.05) is 96.1 Å². The van der Waals surface area contributed by atoms with E-state index in [1.807, 2.05) is 23.6 Å². The van der Waals surface area contributed by atoms with Crippen LogP contribution in [0, 0.1) is 13.8 Å². The molecule has 4 aromatic heterocycles. The van der Waals surface area contributed by atoms with Gasteiger partial charge in [0.15, 0.2) is 11.0 Å². The fourth-order valence-corrected chi connectivity index (χ4v) is 9.81. The highest BCUT2D eigenvalue weighted by Crippen LogP contribution is 2.44. The number of pyridine rings is 1. The van der Waals surface area contributed by atoms with Gasteiger partial charge in [0.1, 0.15) is 28.7 Å². The summed E-state index contributed by atoms with van der Waals surface area (Å²) in [6.07, 6.45) is 4.16. The van der Waals surface area contributed by atoms with E-state index < -0.39 is 0 Å². The van der Waals surface area contributed by atoms with Gasteiger partial charge in [0, 0.05) is 49.3 Å². The number of benzene rings is 6. The van der Waals surface area contributed by atoms with Gasteiger partial charge in [-0.25, -0.2) is 4.98 Å². The first-order valence-corrected chi connectivity index (χ1v) is 20.9.